The molecule has 0 unspecified atom stereocenters. The van der Waals surface area contributed by atoms with E-state index in [1.54, 1.807) is 11.0 Å². The molecule has 0 saturated carbocycles. The lowest BCUT2D eigenvalue weighted by atomic mass is 10.1. The summed E-state index contributed by atoms with van der Waals surface area (Å²) in [7, 11) is 0. The Morgan fingerprint density at radius 3 is 2.45 bits per heavy atom. The van der Waals surface area contributed by atoms with E-state index in [4.69, 9.17) is 4.52 Å². The number of hydrogen-bond acceptors (Lipinski definition) is 5. The van der Waals surface area contributed by atoms with Gasteiger partial charge in [0, 0.05) is 50.3 Å². The molecule has 2 aromatic carbocycles. The Labute approximate surface area is 190 Å². The number of hydrogen-bond donors (Lipinski definition) is 0. The molecule has 4 rings (SSSR count). The highest BCUT2D eigenvalue weighted by Gasteiger charge is 2.31. The first kappa shape index (κ1) is 22.8. The van der Waals surface area contributed by atoms with Gasteiger partial charge in [0.25, 0.3) is 0 Å². The van der Waals surface area contributed by atoms with E-state index < -0.39 is 11.7 Å². The first-order chi connectivity index (χ1) is 15.8. The minimum atomic E-state index is -4.37. The van der Waals surface area contributed by atoms with Crippen LogP contribution < -0.4 is 4.90 Å². The summed E-state index contributed by atoms with van der Waals surface area (Å²) in [5.74, 6) is 0.862. The van der Waals surface area contributed by atoms with Crippen LogP contribution in [0.25, 0.3) is 11.4 Å². The summed E-state index contributed by atoms with van der Waals surface area (Å²) in [6.07, 6.45) is -2.85. The Kier molecular flexibility index (Phi) is 6.67. The van der Waals surface area contributed by atoms with Crippen molar-refractivity contribution in [2.24, 2.45) is 0 Å². The molecule has 174 valence electrons. The van der Waals surface area contributed by atoms with Gasteiger partial charge in [0.2, 0.25) is 17.6 Å². The van der Waals surface area contributed by atoms with Gasteiger partial charge in [-0.15, -0.1) is 0 Å². The van der Waals surface area contributed by atoms with Gasteiger partial charge in [-0.1, -0.05) is 42.4 Å². The van der Waals surface area contributed by atoms with Crippen molar-refractivity contribution in [3.05, 3.63) is 65.5 Å². The van der Waals surface area contributed by atoms with Crippen LogP contribution in [0.4, 0.5) is 18.9 Å². The molecule has 3 aromatic rings. The molecule has 33 heavy (non-hydrogen) atoms. The van der Waals surface area contributed by atoms with Gasteiger partial charge in [-0.3, -0.25) is 4.79 Å². The summed E-state index contributed by atoms with van der Waals surface area (Å²) in [5.41, 5.74) is 1.93. The normalized spacial score (nSPS) is 14.5. The van der Waals surface area contributed by atoms with Crippen molar-refractivity contribution >= 4 is 11.6 Å². The highest BCUT2D eigenvalue weighted by atomic mass is 19.4. The van der Waals surface area contributed by atoms with Crippen molar-refractivity contribution < 1.29 is 22.5 Å². The predicted octanol–water partition coefficient (Wildman–Crippen LogP) is 4.60. The molecular formula is C24H25F3N4O2. The zero-order chi connectivity index (χ0) is 23.4. The maximum absolute atomic E-state index is 13.0. The minimum Gasteiger partial charge on any atom is -0.368 e. The summed E-state index contributed by atoms with van der Waals surface area (Å²) in [6, 6.07) is 13.2. The largest absolute Gasteiger partial charge is 0.416 e. The third-order valence-corrected chi connectivity index (χ3v) is 5.81. The lowest BCUT2D eigenvalue weighted by Crippen LogP contribution is -2.48. The molecule has 1 fully saturated rings. The number of alkyl halides is 3. The Hall–Kier alpha value is -3.36. The van der Waals surface area contributed by atoms with E-state index in [0.717, 1.165) is 24.1 Å². The molecular weight excluding hydrogens is 433 g/mol. The van der Waals surface area contributed by atoms with Crippen molar-refractivity contribution in [1.82, 2.24) is 15.0 Å². The van der Waals surface area contributed by atoms with E-state index in [2.05, 4.69) is 17.1 Å². The molecule has 2 heterocycles. The first-order valence-corrected chi connectivity index (χ1v) is 11.0. The number of nitrogens with zero attached hydrogens (tertiary/aromatic N) is 4. The summed E-state index contributed by atoms with van der Waals surface area (Å²) in [5, 5.41) is 4.00. The van der Waals surface area contributed by atoms with E-state index in [9.17, 15) is 18.0 Å². The number of amides is 1. The number of benzene rings is 2. The van der Waals surface area contributed by atoms with Crippen molar-refractivity contribution in [2.45, 2.75) is 32.4 Å². The van der Waals surface area contributed by atoms with Gasteiger partial charge in [-0.25, -0.2) is 0 Å². The van der Waals surface area contributed by atoms with Gasteiger partial charge in [-0.05, 0) is 30.2 Å². The number of rotatable bonds is 6. The molecule has 1 aromatic heterocycles. The molecule has 1 amide bonds. The molecule has 0 N–H and O–H groups in total. The van der Waals surface area contributed by atoms with Crippen LogP contribution in [0.15, 0.2) is 53.1 Å². The van der Waals surface area contributed by atoms with E-state index >= 15 is 0 Å². The molecule has 0 radical (unpaired) electrons. The third-order valence-electron chi connectivity index (χ3n) is 5.81. The molecule has 6 nitrogen and oxygen atoms in total. The second-order valence-corrected chi connectivity index (χ2v) is 7.98. The molecule has 0 atom stereocenters. The van der Waals surface area contributed by atoms with E-state index in [1.807, 2.05) is 29.2 Å². The molecule has 1 aliphatic rings. The minimum absolute atomic E-state index is 0.0364. The predicted molar refractivity (Wildman–Crippen MR) is 118 cm³/mol. The van der Waals surface area contributed by atoms with Crippen molar-refractivity contribution in [3.8, 4) is 11.4 Å². The fraction of sp³-hybridized carbons (Fsp3) is 0.375. The first-order valence-electron chi connectivity index (χ1n) is 11.0. The lowest BCUT2D eigenvalue weighted by molar-refractivity contribution is -0.137. The van der Waals surface area contributed by atoms with Gasteiger partial charge in [0.05, 0.1) is 5.56 Å². The van der Waals surface area contributed by atoms with Crippen LogP contribution >= 0.6 is 0 Å². The molecule has 0 spiro atoms. The summed E-state index contributed by atoms with van der Waals surface area (Å²) < 4.78 is 44.2. The fourth-order valence-corrected chi connectivity index (χ4v) is 3.83. The van der Waals surface area contributed by atoms with Gasteiger partial charge in [0.1, 0.15) is 0 Å². The molecule has 9 heteroatoms. The zero-order valence-corrected chi connectivity index (χ0v) is 18.3. The topological polar surface area (TPSA) is 62.5 Å². The number of piperazine rings is 1. The van der Waals surface area contributed by atoms with Crippen molar-refractivity contribution in [3.63, 3.8) is 0 Å². The van der Waals surface area contributed by atoms with Crippen LogP contribution in [0.1, 0.15) is 30.4 Å². The average molecular weight is 458 g/mol. The average Bonchev–Trinajstić information content (AvgIpc) is 3.31. The SMILES string of the molecule is CCc1ccc(-c2noc(CCC(=O)N3CCN(c4cccc(C(F)(F)F)c4)CC3)n2)cc1. The standard InChI is InChI=1S/C24H25F3N4O2/c1-2-17-6-8-18(9-7-17)23-28-21(33-29-23)10-11-22(32)31-14-12-30(13-15-31)20-5-3-4-19(16-20)24(25,26)27/h3-9,16H,2,10-15H2,1H3. The molecule has 0 bridgehead atoms. The third kappa shape index (κ3) is 5.53. The Morgan fingerprint density at radius 2 is 1.79 bits per heavy atom. The van der Waals surface area contributed by atoms with Crippen LogP contribution in [0.5, 0.6) is 0 Å². The number of halogens is 3. The van der Waals surface area contributed by atoms with Gasteiger partial charge >= 0.3 is 6.18 Å². The van der Waals surface area contributed by atoms with Crippen LogP contribution in [0.3, 0.4) is 0 Å². The molecule has 1 aliphatic heterocycles. The Balaban J connectivity index is 1.28. The quantitative estimate of drug-likeness (QED) is 0.540. The Bertz CT molecular complexity index is 1090. The second-order valence-electron chi connectivity index (χ2n) is 7.98. The number of carbonyl (C=O) groups is 1. The van der Waals surface area contributed by atoms with Crippen LogP contribution in [-0.4, -0.2) is 47.1 Å². The van der Waals surface area contributed by atoms with Crippen molar-refractivity contribution in [1.29, 1.82) is 0 Å². The van der Waals surface area contributed by atoms with Crippen LogP contribution in [0.2, 0.25) is 0 Å². The highest BCUT2D eigenvalue weighted by Crippen LogP contribution is 2.32. The summed E-state index contributed by atoms with van der Waals surface area (Å²) in [6.45, 7) is 3.95. The van der Waals surface area contributed by atoms with Gasteiger partial charge < -0.3 is 14.3 Å². The molecule has 1 saturated heterocycles. The van der Waals surface area contributed by atoms with E-state index in [0.29, 0.717) is 50.0 Å². The van der Waals surface area contributed by atoms with E-state index in [-0.39, 0.29) is 12.3 Å². The second kappa shape index (κ2) is 9.64. The monoisotopic (exact) mass is 458 g/mol. The summed E-state index contributed by atoms with van der Waals surface area (Å²) >= 11 is 0. The summed E-state index contributed by atoms with van der Waals surface area (Å²) in [4.78, 5) is 20.6. The zero-order valence-electron chi connectivity index (χ0n) is 18.3. The van der Waals surface area contributed by atoms with Crippen LogP contribution in [-0.2, 0) is 23.8 Å². The number of aryl methyl sites for hydroxylation is 2. The number of aromatic nitrogens is 2. The fourth-order valence-electron chi connectivity index (χ4n) is 3.83. The number of carbonyl (C=O) groups excluding carboxylic acids is 1. The van der Waals surface area contributed by atoms with Crippen LogP contribution in [0, 0.1) is 0 Å². The smallest absolute Gasteiger partial charge is 0.368 e. The maximum Gasteiger partial charge on any atom is 0.416 e. The lowest BCUT2D eigenvalue weighted by Gasteiger charge is -2.36. The van der Waals surface area contributed by atoms with Gasteiger partial charge in [0.15, 0.2) is 0 Å². The van der Waals surface area contributed by atoms with Crippen molar-refractivity contribution in [2.75, 3.05) is 31.1 Å². The van der Waals surface area contributed by atoms with E-state index in [1.165, 1.54) is 11.6 Å². The molecule has 0 aliphatic carbocycles. The van der Waals surface area contributed by atoms with Gasteiger partial charge in [-0.2, -0.15) is 18.2 Å². The number of anilines is 1. The highest BCUT2D eigenvalue weighted by molar-refractivity contribution is 5.76. The Morgan fingerprint density at radius 1 is 1.06 bits per heavy atom. The maximum atomic E-state index is 13.0.